The van der Waals surface area contributed by atoms with Crippen molar-refractivity contribution in [2.75, 3.05) is 6.61 Å². The number of halogens is 2. The van der Waals surface area contributed by atoms with Crippen molar-refractivity contribution in [3.05, 3.63) is 52.5 Å². The van der Waals surface area contributed by atoms with Gasteiger partial charge in [-0.15, -0.1) is 11.6 Å². The molecule has 0 radical (unpaired) electrons. The fourth-order valence-corrected chi connectivity index (χ4v) is 2.37. The number of alkyl halides is 1. The van der Waals surface area contributed by atoms with Gasteiger partial charge in [-0.25, -0.2) is 0 Å². The van der Waals surface area contributed by atoms with E-state index in [4.69, 9.17) is 21.1 Å². The molecule has 0 aliphatic carbocycles. The lowest BCUT2D eigenvalue weighted by Gasteiger charge is -2.13. The summed E-state index contributed by atoms with van der Waals surface area (Å²) in [6.07, 6.45) is 0.961. The Morgan fingerprint density at radius 2 is 1.80 bits per heavy atom. The van der Waals surface area contributed by atoms with Crippen molar-refractivity contribution in [2.45, 2.75) is 19.2 Å². The van der Waals surface area contributed by atoms with Crippen LogP contribution in [0.2, 0.25) is 0 Å². The summed E-state index contributed by atoms with van der Waals surface area (Å²) in [5.41, 5.74) is 1.04. The van der Waals surface area contributed by atoms with Crippen LogP contribution in [0.3, 0.4) is 0 Å². The molecule has 0 N–H and O–H groups in total. The van der Waals surface area contributed by atoms with Crippen molar-refractivity contribution in [2.24, 2.45) is 0 Å². The predicted molar refractivity (Wildman–Crippen MR) is 86.0 cm³/mol. The number of benzene rings is 2. The van der Waals surface area contributed by atoms with Crippen LogP contribution in [0, 0.1) is 0 Å². The van der Waals surface area contributed by atoms with Crippen LogP contribution >= 0.6 is 27.5 Å². The highest BCUT2D eigenvalue weighted by Gasteiger charge is 2.08. The van der Waals surface area contributed by atoms with Crippen LogP contribution in [0.15, 0.2) is 46.9 Å². The average molecular weight is 356 g/mol. The van der Waals surface area contributed by atoms with Gasteiger partial charge in [0.05, 0.1) is 11.1 Å². The molecule has 0 spiro atoms. The normalized spacial score (nSPS) is 10.3. The molecule has 0 unspecified atom stereocenters. The van der Waals surface area contributed by atoms with Crippen molar-refractivity contribution in [3.63, 3.8) is 0 Å². The Morgan fingerprint density at radius 1 is 1.05 bits per heavy atom. The molecule has 0 saturated carbocycles. The second-order valence-corrected chi connectivity index (χ2v) is 5.42. The Labute approximate surface area is 132 Å². The number of hydrogen-bond acceptors (Lipinski definition) is 2. The zero-order valence-electron chi connectivity index (χ0n) is 11.2. The van der Waals surface area contributed by atoms with E-state index in [9.17, 15) is 0 Å². The molecule has 0 aromatic heterocycles. The first-order valence-corrected chi connectivity index (χ1v) is 7.81. The van der Waals surface area contributed by atoms with E-state index in [0.717, 1.165) is 28.0 Å². The number of rotatable bonds is 6. The van der Waals surface area contributed by atoms with Gasteiger partial charge in [0.25, 0.3) is 0 Å². The van der Waals surface area contributed by atoms with Gasteiger partial charge >= 0.3 is 0 Å². The first-order valence-electron chi connectivity index (χ1n) is 6.48. The van der Waals surface area contributed by atoms with Crippen LogP contribution < -0.4 is 9.47 Å². The highest BCUT2D eigenvalue weighted by atomic mass is 79.9. The minimum Gasteiger partial charge on any atom is -0.490 e. The SMILES string of the molecule is CCCOc1ccccc1Oc1ccc(CCl)cc1Br. The lowest BCUT2D eigenvalue weighted by Crippen LogP contribution is -1.97. The van der Waals surface area contributed by atoms with Gasteiger partial charge < -0.3 is 9.47 Å². The maximum atomic E-state index is 5.92. The van der Waals surface area contributed by atoms with Crippen LogP contribution in [0.5, 0.6) is 17.2 Å². The summed E-state index contributed by atoms with van der Waals surface area (Å²) < 4.78 is 12.5. The van der Waals surface area contributed by atoms with Crippen LogP contribution in [0.4, 0.5) is 0 Å². The molecule has 2 rings (SSSR count). The molecule has 20 heavy (non-hydrogen) atoms. The van der Waals surface area contributed by atoms with Gasteiger partial charge in [0.2, 0.25) is 0 Å². The van der Waals surface area contributed by atoms with Gasteiger partial charge in [0.1, 0.15) is 5.75 Å². The second kappa shape index (κ2) is 7.55. The highest BCUT2D eigenvalue weighted by molar-refractivity contribution is 9.10. The van der Waals surface area contributed by atoms with E-state index in [-0.39, 0.29) is 0 Å². The summed E-state index contributed by atoms with van der Waals surface area (Å²) in [6.45, 7) is 2.75. The van der Waals surface area contributed by atoms with Gasteiger partial charge in [-0.2, -0.15) is 0 Å². The molecule has 2 aromatic carbocycles. The molecule has 106 valence electrons. The molecule has 0 aliphatic rings. The molecular formula is C16H16BrClO2. The van der Waals surface area contributed by atoms with Crippen LogP contribution in [0.1, 0.15) is 18.9 Å². The molecule has 2 aromatic rings. The minimum absolute atomic E-state index is 0.481. The Kier molecular flexibility index (Phi) is 5.74. The second-order valence-electron chi connectivity index (χ2n) is 4.30. The summed E-state index contributed by atoms with van der Waals surface area (Å²) in [6, 6.07) is 13.5. The molecule has 0 saturated heterocycles. The van der Waals surface area contributed by atoms with Crippen LogP contribution in [-0.4, -0.2) is 6.61 Å². The van der Waals surface area contributed by atoms with Gasteiger partial charge in [0.15, 0.2) is 11.5 Å². The molecule has 0 atom stereocenters. The number of ether oxygens (including phenoxy) is 2. The summed E-state index contributed by atoms with van der Waals surface area (Å²) in [5, 5.41) is 0. The first kappa shape index (κ1) is 15.2. The summed E-state index contributed by atoms with van der Waals surface area (Å²) in [7, 11) is 0. The average Bonchev–Trinajstić information content (AvgIpc) is 2.48. The maximum absolute atomic E-state index is 5.92. The van der Waals surface area contributed by atoms with E-state index in [1.807, 2.05) is 42.5 Å². The molecule has 2 nitrogen and oxygen atoms in total. The summed E-state index contributed by atoms with van der Waals surface area (Å²) in [5.74, 6) is 2.68. The number of para-hydroxylation sites is 2. The van der Waals surface area contributed by atoms with Gasteiger partial charge in [0, 0.05) is 5.88 Å². The van der Waals surface area contributed by atoms with Gasteiger partial charge in [-0.3, -0.25) is 0 Å². The Hall–Kier alpha value is -1.19. The predicted octanol–water partition coefficient (Wildman–Crippen LogP) is 5.77. The Bertz CT molecular complexity index is 572. The van der Waals surface area contributed by atoms with Crippen molar-refractivity contribution in [1.82, 2.24) is 0 Å². The zero-order valence-corrected chi connectivity index (χ0v) is 13.6. The molecule has 0 bridgehead atoms. The van der Waals surface area contributed by atoms with E-state index < -0.39 is 0 Å². The van der Waals surface area contributed by atoms with Crippen molar-refractivity contribution < 1.29 is 9.47 Å². The van der Waals surface area contributed by atoms with Crippen molar-refractivity contribution >= 4 is 27.5 Å². The monoisotopic (exact) mass is 354 g/mol. The maximum Gasteiger partial charge on any atom is 0.169 e. The molecular weight excluding hydrogens is 340 g/mol. The Morgan fingerprint density at radius 3 is 2.45 bits per heavy atom. The molecule has 0 heterocycles. The number of hydrogen-bond donors (Lipinski definition) is 0. The molecule has 0 amide bonds. The molecule has 4 heteroatoms. The largest absolute Gasteiger partial charge is 0.490 e. The summed E-state index contributed by atoms with van der Waals surface area (Å²) in [4.78, 5) is 0. The van der Waals surface area contributed by atoms with Crippen LogP contribution in [0.25, 0.3) is 0 Å². The Balaban J connectivity index is 2.21. The minimum atomic E-state index is 0.481. The fraction of sp³-hybridized carbons (Fsp3) is 0.250. The highest BCUT2D eigenvalue weighted by Crippen LogP contribution is 2.35. The van der Waals surface area contributed by atoms with Crippen molar-refractivity contribution in [1.29, 1.82) is 0 Å². The van der Waals surface area contributed by atoms with E-state index >= 15 is 0 Å². The third kappa shape index (κ3) is 3.90. The van der Waals surface area contributed by atoms with Gasteiger partial charge in [-0.05, 0) is 52.2 Å². The summed E-state index contributed by atoms with van der Waals surface area (Å²) >= 11 is 9.31. The molecule has 0 fully saturated rings. The quantitative estimate of drug-likeness (QED) is 0.612. The lowest BCUT2D eigenvalue weighted by molar-refractivity contribution is 0.302. The zero-order chi connectivity index (χ0) is 14.4. The third-order valence-electron chi connectivity index (χ3n) is 2.68. The van der Waals surface area contributed by atoms with Crippen molar-refractivity contribution in [3.8, 4) is 17.2 Å². The molecule has 0 aliphatic heterocycles. The standard InChI is InChI=1S/C16H16BrClO2/c1-2-9-19-15-5-3-4-6-16(15)20-14-8-7-12(11-18)10-13(14)17/h3-8,10H,2,9,11H2,1H3. The van der Waals surface area contributed by atoms with E-state index in [2.05, 4.69) is 22.9 Å². The third-order valence-corrected chi connectivity index (χ3v) is 3.61. The van der Waals surface area contributed by atoms with E-state index in [0.29, 0.717) is 18.2 Å². The smallest absolute Gasteiger partial charge is 0.169 e. The topological polar surface area (TPSA) is 18.5 Å². The van der Waals surface area contributed by atoms with E-state index in [1.165, 1.54) is 0 Å². The van der Waals surface area contributed by atoms with E-state index in [1.54, 1.807) is 0 Å². The van der Waals surface area contributed by atoms with Crippen LogP contribution in [-0.2, 0) is 5.88 Å². The van der Waals surface area contributed by atoms with Gasteiger partial charge in [-0.1, -0.05) is 25.1 Å². The fourth-order valence-electron chi connectivity index (χ4n) is 1.69. The lowest BCUT2D eigenvalue weighted by atomic mass is 10.2. The first-order chi connectivity index (χ1) is 9.74.